The molecular formula is C21H23NOS2. The van der Waals surface area contributed by atoms with Gasteiger partial charge in [0.05, 0.1) is 4.91 Å². The third-order valence-electron chi connectivity index (χ3n) is 5.11. The third-order valence-corrected chi connectivity index (χ3v) is 7.44. The standard InChI is InChI=1S/C21H23NOS2/c1-14(15-7-3-2-4-8-15)12-22-21(23)20-11-19-17(13-24-20)16-9-5-6-10-18(16)25-19/h2-4,7-8,11,14H,5-6,9-10,12-13H2,1H3,(H,22,23)/t14-/m0/s1. The molecule has 1 aromatic carbocycles. The van der Waals surface area contributed by atoms with Gasteiger partial charge in [-0.3, -0.25) is 4.79 Å². The summed E-state index contributed by atoms with van der Waals surface area (Å²) in [4.78, 5) is 16.3. The van der Waals surface area contributed by atoms with Gasteiger partial charge in [-0.1, -0.05) is 37.3 Å². The van der Waals surface area contributed by atoms with E-state index in [9.17, 15) is 4.79 Å². The summed E-state index contributed by atoms with van der Waals surface area (Å²) in [5.41, 5.74) is 4.35. The largest absolute Gasteiger partial charge is 0.351 e. The summed E-state index contributed by atoms with van der Waals surface area (Å²) in [5.74, 6) is 1.35. The van der Waals surface area contributed by atoms with Gasteiger partial charge < -0.3 is 5.32 Å². The highest BCUT2D eigenvalue weighted by Crippen LogP contribution is 2.42. The summed E-state index contributed by atoms with van der Waals surface area (Å²) < 4.78 is 0. The SMILES string of the molecule is C[C@@H](CNC(=O)C1=Cc2sc3c(c2CS1)CCCC3)c1ccccc1. The van der Waals surface area contributed by atoms with E-state index in [0.29, 0.717) is 12.5 Å². The summed E-state index contributed by atoms with van der Waals surface area (Å²) in [6.45, 7) is 2.83. The fraction of sp³-hybridized carbons (Fsp3) is 0.381. The maximum absolute atomic E-state index is 12.6. The van der Waals surface area contributed by atoms with Crippen LogP contribution in [-0.2, 0) is 23.4 Å². The van der Waals surface area contributed by atoms with Crippen molar-refractivity contribution in [1.29, 1.82) is 0 Å². The van der Waals surface area contributed by atoms with Crippen molar-refractivity contribution in [3.8, 4) is 0 Å². The lowest BCUT2D eigenvalue weighted by Gasteiger charge is -2.17. The van der Waals surface area contributed by atoms with Crippen LogP contribution in [0.5, 0.6) is 0 Å². The molecule has 1 amide bonds. The van der Waals surface area contributed by atoms with Gasteiger partial charge >= 0.3 is 0 Å². The van der Waals surface area contributed by atoms with Crippen LogP contribution in [0.2, 0.25) is 0 Å². The molecule has 0 unspecified atom stereocenters. The third kappa shape index (κ3) is 3.56. The van der Waals surface area contributed by atoms with Crippen molar-refractivity contribution in [2.45, 2.75) is 44.3 Å². The Labute approximate surface area is 157 Å². The summed E-state index contributed by atoms with van der Waals surface area (Å²) in [6.07, 6.45) is 7.20. The fourth-order valence-electron chi connectivity index (χ4n) is 3.60. The molecule has 0 saturated heterocycles. The maximum atomic E-state index is 12.6. The topological polar surface area (TPSA) is 29.1 Å². The quantitative estimate of drug-likeness (QED) is 0.809. The first-order valence-corrected chi connectivity index (χ1v) is 10.8. The highest BCUT2D eigenvalue weighted by Gasteiger charge is 2.25. The van der Waals surface area contributed by atoms with E-state index >= 15 is 0 Å². The number of aryl methyl sites for hydroxylation is 1. The smallest absolute Gasteiger partial charge is 0.257 e. The monoisotopic (exact) mass is 369 g/mol. The lowest BCUT2D eigenvalue weighted by atomic mass is 9.95. The van der Waals surface area contributed by atoms with Gasteiger partial charge in [0, 0.05) is 22.1 Å². The number of rotatable bonds is 4. The first-order valence-electron chi connectivity index (χ1n) is 9.03. The number of thiophene rings is 1. The minimum absolute atomic E-state index is 0.0739. The number of nitrogens with one attached hydrogen (secondary N) is 1. The van der Waals surface area contributed by atoms with E-state index in [4.69, 9.17) is 0 Å². The zero-order valence-electron chi connectivity index (χ0n) is 14.5. The molecule has 0 fully saturated rings. The molecule has 1 aromatic heterocycles. The zero-order valence-corrected chi connectivity index (χ0v) is 16.1. The summed E-state index contributed by atoms with van der Waals surface area (Å²) in [5, 5.41) is 3.12. The Morgan fingerprint density at radius 3 is 2.80 bits per heavy atom. The number of thioether (sulfide) groups is 1. The fourth-order valence-corrected chi connectivity index (χ4v) is 6.16. The Hall–Kier alpha value is -1.52. The van der Waals surface area contributed by atoms with Crippen LogP contribution in [0.15, 0.2) is 35.2 Å². The van der Waals surface area contributed by atoms with Crippen molar-refractivity contribution in [1.82, 2.24) is 5.32 Å². The van der Waals surface area contributed by atoms with E-state index in [1.54, 1.807) is 22.2 Å². The van der Waals surface area contributed by atoms with E-state index in [1.165, 1.54) is 41.7 Å². The maximum Gasteiger partial charge on any atom is 0.257 e. The van der Waals surface area contributed by atoms with Crippen molar-refractivity contribution >= 4 is 35.1 Å². The number of amides is 1. The summed E-state index contributed by atoms with van der Waals surface area (Å²) >= 11 is 3.61. The van der Waals surface area contributed by atoms with Gasteiger partial charge in [0.15, 0.2) is 0 Å². The molecule has 1 atom stereocenters. The summed E-state index contributed by atoms with van der Waals surface area (Å²) in [6, 6.07) is 10.4. The number of carbonyl (C=O) groups is 1. The van der Waals surface area contributed by atoms with E-state index in [0.717, 1.165) is 10.7 Å². The molecule has 4 rings (SSSR count). The van der Waals surface area contributed by atoms with Crippen molar-refractivity contribution < 1.29 is 4.79 Å². The van der Waals surface area contributed by atoms with E-state index in [1.807, 2.05) is 29.5 Å². The highest BCUT2D eigenvalue weighted by atomic mass is 32.2. The van der Waals surface area contributed by atoms with Crippen LogP contribution in [0.3, 0.4) is 0 Å². The van der Waals surface area contributed by atoms with Crippen LogP contribution in [0.25, 0.3) is 6.08 Å². The van der Waals surface area contributed by atoms with Crippen molar-refractivity contribution in [3.05, 3.63) is 61.7 Å². The van der Waals surface area contributed by atoms with E-state index in [-0.39, 0.29) is 5.91 Å². The number of hydrogen-bond acceptors (Lipinski definition) is 3. The molecule has 1 aliphatic carbocycles. The van der Waals surface area contributed by atoms with Gasteiger partial charge in [0.1, 0.15) is 0 Å². The van der Waals surface area contributed by atoms with Crippen molar-refractivity contribution in [2.24, 2.45) is 0 Å². The van der Waals surface area contributed by atoms with Gasteiger partial charge in [-0.2, -0.15) is 0 Å². The molecule has 0 spiro atoms. The van der Waals surface area contributed by atoms with Gasteiger partial charge in [-0.05, 0) is 54.4 Å². The lowest BCUT2D eigenvalue weighted by Crippen LogP contribution is -2.28. The Kier molecular flexibility index (Phi) is 5.00. The van der Waals surface area contributed by atoms with Gasteiger partial charge in [0.25, 0.3) is 5.91 Å². The molecule has 1 aliphatic heterocycles. The van der Waals surface area contributed by atoms with Crippen LogP contribution in [0, 0.1) is 0 Å². The first-order chi connectivity index (χ1) is 12.2. The Morgan fingerprint density at radius 2 is 1.96 bits per heavy atom. The van der Waals surface area contributed by atoms with Crippen LogP contribution in [0.4, 0.5) is 0 Å². The second kappa shape index (κ2) is 7.38. The minimum Gasteiger partial charge on any atom is -0.351 e. The van der Waals surface area contributed by atoms with Crippen LogP contribution in [0.1, 0.15) is 52.1 Å². The minimum atomic E-state index is 0.0739. The molecule has 0 bridgehead atoms. The number of fused-ring (bicyclic) bond motifs is 3. The first kappa shape index (κ1) is 16.9. The molecule has 2 nitrogen and oxygen atoms in total. The summed E-state index contributed by atoms with van der Waals surface area (Å²) in [7, 11) is 0. The van der Waals surface area contributed by atoms with Crippen molar-refractivity contribution in [3.63, 3.8) is 0 Å². The number of benzene rings is 1. The lowest BCUT2D eigenvalue weighted by molar-refractivity contribution is -0.116. The molecule has 4 heteroatoms. The van der Waals surface area contributed by atoms with Crippen LogP contribution < -0.4 is 5.32 Å². The predicted molar refractivity (Wildman–Crippen MR) is 108 cm³/mol. The van der Waals surface area contributed by atoms with Gasteiger partial charge in [0.2, 0.25) is 0 Å². The average molecular weight is 370 g/mol. The van der Waals surface area contributed by atoms with Gasteiger partial charge in [-0.25, -0.2) is 0 Å². The Morgan fingerprint density at radius 1 is 1.16 bits per heavy atom. The zero-order chi connectivity index (χ0) is 17.2. The molecule has 1 N–H and O–H groups in total. The van der Waals surface area contributed by atoms with Crippen LogP contribution >= 0.6 is 23.1 Å². The molecule has 0 saturated carbocycles. The van der Waals surface area contributed by atoms with E-state index < -0.39 is 0 Å². The van der Waals surface area contributed by atoms with Crippen LogP contribution in [-0.4, -0.2) is 12.5 Å². The molecule has 0 radical (unpaired) electrons. The Bertz CT molecular complexity index is 807. The normalized spacial score (nSPS) is 17.2. The number of carbonyl (C=O) groups excluding carboxylic acids is 1. The Balaban J connectivity index is 1.43. The second-order valence-corrected chi connectivity index (χ2v) is 9.03. The molecular weight excluding hydrogens is 346 g/mol. The van der Waals surface area contributed by atoms with Gasteiger partial charge in [-0.15, -0.1) is 23.1 Å². The molecule has 2 aromatic rings. The molecule has 2 heterocycles. The van der Waals surface area contributed by atoms with E-state index in [2.05, 4.69) is 30.4 Å². The molecule has 25 heavy (non-hydrogen) atoms. The predicted octanol–water partition coefficient (Wildman–Crippen LogP) is 5.13. The molecule has 2 aliphatic rings. The second-order valence-electron chi connectivity index (χ2n) is 6.87. The average Bonchev–Trinajstić information content (AvgIpc) is 3.04. The highest BCUT2D eigenvalue weighted by molar-refractivity contribution is 8.03. The number of hydrogen-bond donors (Lipinski definition) is 1. The van der Waals surface area contributed by atoms with Crippen molar-refractivity contribution in [2.75, 3.05) is 6.54 Å². The molecule has 130 valence electrons.